The van der Waals surface area contributed by atoms with Gasteiger partial charge >= 0.3 is 0 Å². The predicted octanol–water partition coefficient (Wildman–Crippen LogP) is 2.53. The summed E-state index contributed by atoms with van der Waals surface area (Å²) in [5.41, 5.74) is 1.08. The van der Waals surface area contributed by atoms with E-state index in [1.165, 1.54) is 6.08 Å². The topological polar surface area (TPSA) is 46.5 Å². The van der Waals surface area contributed by atoms with Gasteiger partial charge in [-0.25, -0.2) is 4.89 Å². The second kappa shape index (κ2) is 3.29. The van der Waals surface area contributed by atoms with E-state index in [4.69, 9.17) is 5.26 Å². The number of ketones is 1. The molecule has 0 heterocycles. The molecule has 1 unspecified atom stereocenters. The van der Waals surface area contributed by atoms with Crippen molar-refractivity contribution in [3.8, 4) is 0 Å². The standard InChI is InChI=1S/C12H12O3/c1-8-7-11(13)9-5-3-4-6-10(9)12(8,2)15-14/h3-7,14H,1-2H3. The van der Waals surface area contributed by atoms with Crippen LogP contribution in [-0.2, 0) is 10.5 Å². The zero-order chi connectivity index (χ0) is 11.1. The van der Waals surface area contributed by atoms with Crippen molar-refractivity contribution in [3.05, 3.63) is 47.0 Å². The van der Waals surface area contributed by atoms with E-state index in [2.05, 4.69) is 4.89 Å². The number of hydrogen-bond donors (Lipinski definition) is 1. The van der Waals surface area contributed by atoms with Crippen LogP contribution in [-0.4, -0.2) is 11.0 Å². The van der Waals surface area contributed by atoms with Gasteiger partial charge in [0.25, 0.3) is 0 Å². The molecule has 3 heteroatoms. The van der Waals surface area contributed by atoms with E-state index in [-0.39, 0.29) is 5.78 Å². The molecule has 0 fully saturated rings. The van der Waals surface area contributed by atoms with Crippen LogP contribution < -0.4 is 0 Å². The van der Waals surface area contributed by atoms with Crippen LogP contribution in [0.25, 0.3) is 0 Å². The Kier molecular flexibility index (Phi) is 2.21. The Morgan fingerprint density at radius 2 is 2.00 bits per heavy atom. The lowest BCUT2D eigenvalue weighted by Crippen LogP contribution is -2.32. The monoisotopic (exact) mass is 204 g/mol. The number of fused-ring (bicyclic) bond motifs is 1. The van der Waals surface area contributed by atoms with Crippen LogP contribution >= 0.6 is 0 Å². The van der Waals surface area contributed by atoms with Crippen LogP contribution in [0, 0.1) is 0 Å². The van der Waals surface area contributed by atoms with Gasteiger partial charge < -0.3 is 0 Å². The SMILES string of the molecule is CC1=CC(=O)c2ccccc2C1(C)OO. The van der Waals surface area contributed by atoms with Gasteiger partial charge in [-0.05, 0) is 25.5 Å². The summed E-state index contributed by atoms with van der Waals surface area (Å²) >= 11 is 0. The molecule has 78 valence electrons. The second-order valence-corrected chi connectivity index (χ2v) is 3.86. The van der Waals surface area contributed by atoms with Crippen molar-refractivity contribution in [1.82, 2.24) is 0 Å². The molecule has 1 atom stereocenters. The molecule has 1 aliphatic carbocycles. The van der Waals surface area contributed by atoms with Crippen molar-refractivity contribution in [2.24, 2.45) is 0 Å². The van der Waals surface area contributed by atoms with Crippen molar-refractivity contribution < 1.29 is 14.9 Å². The maximum absolute atomic E-state index is 11.7. The Balaban J connectivity index is 2.70. The van der Waals surface area contributed by atoms with Gasteiger partial charge in [0.05, 0.1) is 0 Å². The summed E-state index contributed by atoms with van der Waals surface area (Å²) in [5.74, 6) is -0.0439. The first kappa shape index (κ1) is 10.1. The molecule has 0 radical (unpaired) electrons. The summed E-state index contributed by atoms with van der Waals surface area (Å²) in [7, 11) is 0. The van der Waals surface area contributed by atoms with E-state index in [1.807, 2.05) is 6.07 Å². The van der Waals surface area contributed by atoms with E-state index in [0.29, 0.717) is 16.7 Å². The lowest BCUT2D eigenvalue weighted by atomic mass is 9.79. The summed E-state index contributed by atoms with van der Waals surface area (Å²) < 4.78 is 0. The minimum atomic E-state index is -0.912. The molecule has 1 N–H and O–H groups in total. The van der Waals surface area contributed by atoms with E-state index in [9.17, 15) is 4.79 Å². The molecule has 0 spiro atoms. The van der Waals surface area contributed by atoms with Crippen molar-refractivity contribution in [2.45, 2.75) is 19.4 Å². The van der Waals surface area contributed by atoms with Gasteiger partial charge in [-0.3, -0.25) is 10.1 Å². The van der Waals surface area contributed by atoms with Gasteiger partial charge in [0.1, 0.15) is 5.60 Å². The fraction of sp³-hybridized carbons (Fsp3) is 0.250. The molecule has 2 rings (SSSR count). The fourth-order valence-electron chi connectivity index (χ4n) is 1.86. The first-order chi connectivity index (χ1) is 7.09. The van der Waals surface area contributed by atoms with Crippen LogP contribution in [0.5, 0.6) is 0 Å². The summed E-state index contributed by atoms with van der Waals surface area (Å²) in [6.45, 7) is 3.51. The summed E-state index contributed by atoms with van der Waals surface area (Å²) in [4.78, 5) is 16.2. The second-order valence-electron chi connectivity index (χ2n) is 3.86. The fourth-order valence-corrected chi connectivity index (χ4v) is 1.86. The highest BCUT2D eigenvalue weighted by Gasteiger charge is 2.37. The lowest BCUT2D eigenvalue weighted by molar-refractivity contribution is -0.311. The Hall–Kier alpha value is -1.45. The Morgan fingerprint density at radius 1 is 1.33 bits per heavy atom. The van der Waals surface area contributed by atoms with E-state index in [1.54, 1.807) is 32.0 Å². The Labute approximate surface area is 87.9 Å². The van der Waals surface area contributed by atoms with Crippen LogP contribution in [0.4, 0.5) is 0 Å². The molecular weight excluding hydrogens is 192 g/mol. The summed E-state index contributed by atoms with van der Waals surface area (Å²) in [5, 5.41) is 9.00. The zero-order valence-corrected chi connectivity index (χ0v) is 8.65. The maximum Gasteiger partial charge on any atom is 0.186 e. The quantitative estimate of drug-likeness (QED) is 0.564. The minimum absolute atomic E-state index is 0.0439. The van der Waals surface area contributed by atoms with Crippen molar-refractivity contribution in [3.63, 3.8) is 0 Å². The highest BCUT2D eigenvalue weighted by molar-refractivity contribution is 6.07. The molecule has 15 heavy (non-hydrogen) atoms. The third-order valence-corrected chi connectivity index (χ3v) is 2.99. The first-order valence-electron chi connectivity index (χ1n) is 4.75. The molecule has 1 aliphatic rings. The molecule has 0 saturated heterocycles. The number of hydrogen-bond acceptors (Lipinski definition) is 3. The lowest BCUT2D eigenvalue weighted by Gasteiger charge is -2.31. The molecule has 0 aliphatic heterocycles. The highest BCUT2D eigenvalue weighted by atomic mass is 17.1. The Bertz CT molecular complexity index is 448. The third kappa shape index (κ3) is 1.32. The predicted molar refractivity (Wildman–Crippen MR) is 55.6 cm³/mol. The first-order valence-corrected chi connectivity index (χ1v) is 4.75. The highest BCUT2D eigenvalue weighted by Crippen LogP contribution is 2.38. The van der Waals surface area contributed by atoms with Crippen LogP contribution in [0.2, 0.25) is 0 Å². The normalized spacial score (nSPS) is 24.7. The molecule has 1 aromatic rings. The minimum Gasteiger partial charge on any atom is -0.289 e. The van der Waals surface area contributed by atoms with E-state index in [0.717, 1.165) is 0 Å². The van der Waals surface area contributed by atoms with Crippen LogP contribution in [0.15, 0.2) is 35.9 Å². The third-order valence-electron chi connectivity index (χ3n) is 2.99. The maximum atomic E-state index is 11.7. The van der Waals surface area contributed by atoms with Crippen molar-refractivity contribution >= 4 is 5.78 Å². The van der Waals surface area contributed by atoms with Gasteiger partial charge in [-0.15, -0.1) is 0 Å². The van der Waals surface area contributed by atoms with Crippen molar-refractivity contribution in [2.75, 3.05) is 0 Å². The average molecular weight is 204 g/mol. The molecule has 0 aromatic heterocycles. The van der Waals surface area contributed by atoms with Crippen molar-refractivity contribution in [1.29, 1.82) is 0 Å². The average Bonchev–Trinajstić information content (AvgIpc) is 2.26. The Morgan fingerprint density at radius 3 is 2.67 bits per heavy atom. The van der Waals surface area contributed by atoms with Gasteiger partial charge in [0.2, 0.25) is 0 Å². The molecule has 3 nitrogen and oxygen atoms in total. The van der Waals surface area contributed by atoms with Gasteiger partial charge in [0, 0.05) is 11.1 Å². The molecule has 0 saturated carbocycles. The number of allylic oxidation sites excluding steroid dienone is 1. The molecule has 0 bridgehead atoms. The summed E-state index contributed by atoms with van der Waals surface area (Å²) in [6.07, 6.45) is 1.50. The van der Waals surface area contributed by atoms with Gasteiger partial charge in [0.15, 0.2) is 5.78 Å². The zero-order valence-electron chi connectivity index (χ0n) is 8.65. The van der Waals surface area contributed by atoms with Gasteiger partial charge in [-0.2, -0.15) is 0 Å². The number of benzene rings is 1. The smallest absolute Gasteiger partial charge is 0.186 e. The number of carbonyl (C=O) groups is 1. The van der Waals surface area contributed by atoms with Crippen LogP contribution in [0.1, 0.15) is 29.8 Å². The van der Waals surface area contributed by atoms with E-state index < -0.39 is 5.60 Å². The summed E-state index contributed by atoms with van der Waals surface area (Å²) in [6, 6.07) is 7.14. The van der Waals surface area contributed by atoms with Gasteiger partial charge in [-0.1, -0.05) is 24.3 Å². The largest absolute Gasteiger partial charge is 0.289 e. The molecular formula is C12H12O3. The van der Waals surface area contributed by atoms with Crippen LogP contribution in [0.3, 0.4) is 0 Å². The molecule has 1 aromatic carbocycles. The number of carbonyl (C=O) groups excluding carboxylic acids is 1. The molecule has 0 amide bonds. The van der Waals surface area contributed by atoms with E-state index >= 15 is 0 Å². The number of rotatable bonds is 1.